The molecule has 3 rings (SSSR count). The summed E-state index contributed by atoms with van der Waals surface area (Å²) < 4.78 is 38.4. The number of alkyl halides is 3. The van der Waals surface area contributed by atoms with Gasteiger partial charge in [-0.3, -0.25) is 4.79 Å². The first-order valence-electron chi connectivity index (χ1n) is 10.1. The largest absolute Gasteiger partial charge is 0.391 e. The number of amides is 1. The fourth-order valence-corrected chi connectivity index (χ4v) is 4.16. The van der Waals surface area contributed by atoms with Crippen LogP contribution in [0.4, 0.5) is 18.9 Å². The lowest BCUT2D eigenvalue weighted by atomic mass is 9.94. The molecule has 0 aromatic heterocycles. The van der Waals surface area contributed by atoms with Gasteiger partial charge in [-0.1, -0.05) is 26.0 Å². The Labute approximate surface area is 164 Å². The SMILES string of the molecule is CC(C)C(=O)N1CCCc2cc([C@@H](O)CN3CCC(C(F)(F)F)CC3)ccc21. The Morgan fingerprint density at radius 3 is 2.50 bits per heavy atom. The molecule has 7 heteroatoms. The van der Waals surface area contributed by atoms with E-state index in [1.54, 1.807) is 0 Å². The Morgan fingerprint density at radius 2 is 1.89 bits per heavy atom. The summed E-state index contributed by atoms with van der Waals surface area (Å²) in [7, 11) is 0. The number of halogens is 3. The molecule has 156 valence electrons. The second-order valence-electron chi connectivity index (χ2n) is 8.27. The van der Waals surface area contributed by atoms with E-state index in [1.807, 2.05) is 41.8 Å². The van der Waals surface area contributed by atoms with Gasteiger partial charge in [-0.05, 0) is 56.0 Å². The van der Waals surface area contributed by atoms with Crippen LogP contribution in [0, 0.1) is 11.8 Å². The summed E-state index contributed by atoms with van der Waals surface area (Å²) in [5.74, 6) is -1.20. The quantitative estimate of drug-likeness (QED) is 0.836. The lowest BCUT2D eigenvalue weighted by Gasteiger charge is -2.34. The molecule has 1 saturated heterocycles. The van der Waals surface area contributed by atoms with Crippen LogP contribution in [-0.2, 0) is 11.2 Å². The molecule has 4 nitrogen and oxygen atoms in total. The zero-order chi connectivity index (χ0) is 20.5. The van der Waals surface area contributed by atoms with E-state index < -0.39 is 18.2 Å². The van der Waals surface area contributed by atoms with E-state index >= 15 is 0 Å². The third-order valence-corrected chi connectivity index (χ3v) is 5.85. The Morgan fingerprint density at radius 1 is 1.21 bits per heavy atom. The normalized spacial score (nSPS) is 20.3. The molecule has 0 radical (unpaired) electrons. The summed E-state index contributed by atoms with van der Waals surface area (Å²) in [4.78, 5) is 16.2. The Hall–Kier alpha value is -1.60. The highest BCUT2D eigenvalue weighted by atomic mass is 19.4. The van der Waals surface area contributed by atoms with Gasteiger partial charge in [0, 0.05) is 24.7 Å². The van der Waals surface area contributed by atoms with Gasteiger partial charge in [-0.2, -0.15) is 13.2 Å². The van der Waals surface area contributed by atoms with Crippen LogP contribution in [-0.4, -0.2) is 48.3 Å². The molecule has 1 N–H and O–H groups in total. The van der Waals surface area contributed by atoms with Gasteiger partial charge in [0.2, 0.25) is 5.91 Å². The van der Waals surface area contributed by atoms with Gasteiger partial charge in [0.05, 0.1) is 12.0 Å². The monoisotopic (exact) mass is 398 g/mol. The molecule has 2 heterocycles. The van der Waals surface area contributed by atoms with Crippen LogP contribution in [0.1, 0.15) is 50.3 Å². The summed E-state index contributed by atoms with van der Waals surface area (Å²) in [5.41, 5.74) is 2.72. The molecular formula is C21H29F3N2O2. The molecule has 1 atom stereocenters. The first kappa shape index (κ1) is 21.1. The van der Waals surface area contributed by atoms with Gasteiger partial charge in [0.15, 0.2) is 0 Å². The number of hydrogen-bond donors (Lipinski definition) is 1. The fourth-order valence-electron chi connectivity index (χ4n) is 4.16. The molecule has 1 fully saturated rings. The number of aryl methyl sites for hydroxylation is 1. The summed E-state index contributed by atoms with van der Waals surface area (Å²) in [6.07, 6.45) is -2.95. The van der Waals surface area contributed by atoms with E-state index in [9.17, 15) is 23.1 Å². The second-order valence-corrected chi connectivity index (χ2v) is 8.27. The van der Waals surface area contributed by atoms with Crippen LogP contribution in [0.15, 0.2) is 18.2 Å². The van der Waals surface area contributed by atoms with Crippen molar-refractivity contribution < 1.29 is 23.1 Å². The van der Waals surface area contributed by atoms with Crippen molar-refractivity contribution in [2.45, 2.75) is 51.8 Å². The predicted octanol–water partition coefficient (Wildman–Crippen LogP) is 3.93. The van der Waals surface area contributed by atoms with Gasteiger partial charge < -0.3 is 14.9 Å². The second kappa shape index (κ2) is 8.41. The number of nitrogens with zero attached hydrogens (tertiary/aromatic N) is 2. The molecule has 1 amide bonds. The van der Waals surface area contributed by atoms with Crippen molar-refractivity contribution in [1.29, 1.82) is 0 Å². The highest BCUT2D eigenvalue weighted by Gasteiger charge is 2.41. The number of piperidine rings is 1. The number of fused-ring (bicyclic) bond motifs is 1. The number of likely N-dealkylation sites (tertiary alicyclic amines) is 1. The average molecular weight is 398 g/mol. The van der Waals surface area contributed by atoms with E-state index in [-0.39, 0.29) is 24.7 Å². The number of β-amino-alcohol motifs (C(OH)–C–C–N with tert-alkyl or cyclic N) is 1. The fraction of sp³-hybridized carbons (Fsp3) is 0.667. The summed E-state index contributed by atoms with van der Waals surface area (Å²) in [6.45, 7) is 5.51. The smallest absolute Gasteiger partial charge is 0.387 e. The van der Waals surface area contributed by atoms with E-state index in [1.165, 1.54) is 0 Å². The van der Waals surface area contributed by atoms with Crippen molar-refractivity contribution in [1.82, 2.24) is 4.90 Å². The number of anilines is 1. The number of hydrogen-bond acceptors (Lipinski definition) is 3. The van der Waals surface area contributed by atoms with E-state index in [0.717, 1.165) is 29.7 Å². The minimum atomic E-state index is -4.12. The average Bonchev–Trinajstić information content (AvgIpc) is 2.66. The number of aliphatic hydroxyl groups excluding tert-OH is 1. The number of carbonyl (C=O) groups excluding carboxylic acids is 1. The molecule has 28 heavy (non-hydrogen) atoms. The van der Waals surface area contributed by atoms with E-state index in [4.69, 9.17) is 0 Å². The maximum absolute atomic E-state index is 12.8. The van der Waals surface area contributed by atoms with Crippen molar-refractivity contribution in [3.8, 4) is 0 Å². The van der Waals surface area contributed by atoms with Gasteiger partial charge in [0.1, 0.15) is 0 Å². The summed E-state index contributed by atoms with van der Waals surface area (Å²) in [5, 5.41) is 10.6. The summed E-state index contributed by atoms with van der Waals surface area (Å²) >= 11 is 0. The van der Waals surface area contributed by atoms with Crippen molar-refractivity contribution in [3.63, 3.8) is 0 Å². The molecular weight excluding hydrogens is 369 g/mol. The topological polar surface area (TPSA) is 43.8 Å². The first-order valence-corrected chi connectivity index (χ1v) is 10.1. The van der Waals surface area contributed by atoms with Crippen LogP contribution in [0.3, 0.4) is 0 Å². The van der Waals surface area contributed by atoms with Gasteiger partial charge in [-0.15, -0.1) is 0 Å². The number of carbonyl (C=O) groups is 1. The molecule has 2 aliphatic heterocycles. The van der Waals surface area contributed by atoms with E-state index in [0.29, 0.717) is 26.2 Å². The maximum atomic E-state index is 12.8. The van der Waals surface area contributed by atoms with Gasteiger partial charge >= 0.3 is 6.18 Å². The molecule has 1 aromatic carbocycles. The Kier molecular flexibility index (Phi) is 6.34. The summed E-state index contributed by atoms with van der Waals surface area (Å²) in [6, 6.07) is 5.67. The first-order chi connectivity index (χ1) is 13.2. The van der Waals surface area contributed by atoms with Crippen molar-refractivity contribution in [2.24, 2.45) is 11.8 Å². The predicted molar refractivity (Wildman–Crippen MR) is 102 cm³/mol. The van der Waals surface area contributed by atoms with Gasteiger partial charge in [0.25, 0.3) is 0 Å². The lowest BCUT2D eigenvalue weighted by Crippen LogP contribution is -2.40. The van der Waals surface area contributed by atoms with E-state index in [2.05, 4.69) is 0 Å². The molecule has 0 spiro atoms. The van der Waals surface area contributed by atoms with Gasteiger partial charge in [-0.25, -0.2) is 0 Å². The zero-order valence-electron chi connectivity index (χ0n) is 16.5. The zero-order valence-corrected chi connectivity index (χ0v) is 16.5. The molecule has 1 aromatic rings. The highest BCUT2D eigenvalue weighted by Crippen LogP contribution is 2.35. The number of rotatable bonds is 4. The Bertz CT molecular complexity index is 697. The van der Waals surface area contributed by atoms with Crippen LogP contribution in [0.25, 0.3) is 0 Å². The molecule has 0 unspecified atom stereocenters. The van der Waals surface area contributed by atoms with Crippen LogP contribution < -0.4 is 4.90 Å². The third-order valence-electron chi connectivity index (χ3n) is 5.85. The molecule has 0 aliphatic carbocycles. The van der Waals surface area contributed by atoms with Crippen LogP contribution in [0.2, 0.25) is 0 Å². The minimum Gasteiger partial charge on any atom is -0.387 e. The standard InChI is InChI=1S/C21H29F3N2O2/c1-14(2)20(28)26-9-3-4-15-12-16(5-6-18(15)26)19(27)13-25-10-7-17(8-11-25)21(22,23)24/h5-6,12,14,17,19,27H,3-4,7-11,13H2,1-2H3/t19-/m0/s1. The van der Waals surface area contributed by atoms with Crippen molar-refractivity contribution in [3.05, 3.63) is 29.3 Å². The van der Waals surface area contributed by atoms with Crippen molar-refractivity contribution >= 4 is 11.6 Å². The maximum Gasteiger partial charge on any atom is 0.391 e. The molecule has 0 saturated carbocycles. The molecule has 0 bridgehead atoms. The molecule has 2 aliphatic rings. The lowest BCUT2D eigenvalue weighted by molar-refractivity contribution is -0.185. The minimum absolute atomic E-state index is 0.0733. The number of aliphatic hydroxyl groups is 1. The van der Waals surface area contributed by atoms with Crippen molar-refractivity contribution in [2.75, 3.05) is 31.1 Å². The Balaban J connectivity index is 1.64. The third kappa shape index (κ3) is 4.69. The highest BCUT2D eigenvalue weighted by molar-refractivity contribution is 5.95. The van der Waals surface area contributed by atoms with Crippen LogP contribution in [0.5, 0.6) is 0 Å². The number of benzene rings is 1. The van der Waals surface area contributed by atoms with Crippen LogP contribution >= 0.6 is 0 Å².